The number of rotatable bonds is 3. The van der Waals surface area contributed by atoms with Crippen molar-refractivity contribution in [3.05, 3.63) is 53.2 Å². The molecule has 2 aromatic rings. The molecule has 0 saturated heterocycles. The maximum Gasteiger partial charge on any atom is 0.123 e. The van der Waals surface area contributed by atoms with Gasteiger partial charge in [-0.05, 0) is 47.2 Å². The molecule has 0 radical (unpaired) electrons. The van der Waals surface area contributed by atoms with Crippen LogP contribution >= 0.6 is 0 Å². The Morgan fingerprint density at radius 3 is 2.55 bits per heavy atom. The van der Waals surface area contributed by atoms with E-state index < -0.39 is 0 Å². The Hall–Kier alpha value is -2.03. The molecule has 3 nitrogen and oxygen atoms in total. The first-order chi connectivity index (χ1) is 9.36. The molecule has 20 heavy (non-hydrogen) atoms. The van der Waals surface area contributed by atoms with Crippen LogP contribution < -0.4 is 10.5 Å². The summed E-state index contributed by atoms with van der Waals surface area (Å²) in [4.78, 5) is 3.99. The molecule has 0 saturated carbocycles. The van der Waals surface area contributed by atoms with Gasteiger partial charge in [0.1, 0.15) is 18.2 Å². The third-order valence-corrected chi connectivity index (χ3v) is 3.18. The average Bonchev–Trinajstić information content (AvgIpc) is 2.35. The van der Waals surface area contributed by atoms with Gasteiger partial charge in [-0.1, -0.05) is 32.9 Å². The third kappa shape index (κ3) is 3.50. The fourth-order valence-electron chi connectivity index (χ4n) is 2.11. The van der Waals surface area contributed by atoms with E-state index in [1.165, 1.54) is 11.1 Å². The number of nitrogens with zero attached hydrogens (tertiary/aromatic N) is 1. The van der Waals surface area contributed by atoms with Gasteiger partial charge in [0.2, 0.25) is 0 Å². The van der Waals surface area contributed by atoms with Gasteiger partial charge in [-0.3, -0.25) is 0 Å². The number of aryl methyl sites for hydroxylation is 1. The van der Waals surface area contributed by atoms with Crippen molar-refractivity contribution < 1.29 is 4.74 Å². The van der Waals surface area contributed by atoms with Crippen LogP contribution in [-0.2, 0) is 12.0 Å². The molecule has 0 aliphatic heterocycles. The number of anilines is 1. The van der Waals surface area contributed by atoms with Crippen molar-refractivity contribution in [2.75, 3.05) is 5.73 Å². The van der Waals surface area contributed by atoms with Gasteiger partial charge in [-0.15, -0.1) is 0 Å². The van der Waals surface area contributed by atoms with Gasteiger partial charge in [-0.25, -0.2) is 4.98 Å². The Bertz CT molecular complexity index is 600. The maximum atomic E-state index is 6.00. The predicted octanol–water partition coefficient (Wildman–Crippen LogP) is 3.85. The lowest BCUT2D eigenvalue weighted by Gasteiger charge is -2.23. The van der Waals surface area contributed by atoms with Crippen molar-refractivity contribution >= 4 is 5.82 Å². The zero-order chi connectivity index (χ0) is 14.8. The van der Waals surface area contributed by atoms with Crippen LogP contribution in [0.1, 0.15) is 37.5 Å². The van der Waals surface area contributed by atoms with Crippen LogP contribution in [0.3, 0.4) is 0 Å². The molecule has 0 fully saturated rings. The van der Waals surface area contributed by atoms with Crippen molar-refractivity contribution in [1.29, 1.82) is 0 Å². The molecule has 0 aliphatic rings. The van der Waals surface area contributed by atoms with Crippen LogP contribution in [0.2, 0.25) is 0 Å². The lowest BCUT2D eigenvalue weighted by atomic mass is 9.86. The summed E-state index contributed by atoms with van der Waals surface area (Å²) >= 11 is 0. The van der Waals surface area contributed by atoms with Gasteiger partial charge in [0.25, 0.3) is 0 Å². The van der Waals surface area contributed by atoms with Crippen LogP contribution in [0.15, 0.2) is 36.5 Å². The Morgan fingerprint density at radius 2 is 1.90 bits per heavy atom. The molecule has 106 valence electrons. The Kier molecular flexibility index (Phi) is 3.98. The second kappa shape index (κ2) is 5.53. The second-order valence-corrected chi connectivity index (χ2v) is 6.13. The van der Waals surface area contributed by atoms with Gasteiger partial charge in [-0.2, -0.15) is 0 Å². The van der Waals surface area contributed by atoms with Crippen LogP contribution in [0.4, 0.5) is 5.82 Å². The lowest BCUT2D eigenvalue weighted by Crippen LogP contribution is -2.13. The van der Waals surface area contributed by atoms with E-state index in [2.05, 4.69) is 50.9 Å². The highest BCUT2D eigenvalue weighted by Crippen LogP contribution is 2.32. The summed E-state index contributed by atoms with van der Waals surface area (Å²) in [6.07, 6.45) is 1.70. The molecular weight excluding hydrogens is 248 g/mol. The number of hydrogen-bond donors (Lipinski definition) is 1. The number of hydrogen-bond acceptors (Lipinski definition) is 3. The number of ether oxygens (including phenoxy) is 1. The lowest BCUT2D eigenvalue weighted by molar-refractivity contribution is 0.297. The Morgan fingerprint density at radius 1 is 1.15 bits per heavy atom. The number of aromatic nitrogens is 1. The number of nitrogen functional groups attached to an aromatic ring is 1. The van der Waals surface area contributed by atoms with Gasteiger partial charge in [0.15, 0.2) is 0 Å². The molecule has 2 rings (SSSR count). The summed E-state index contributed by atoms with van der Waals surface area (Å²) in [5.41, 5.74) is 9.18. The van der Waals surface area contributed by atoms with Crippen molar-refractivity contribution in [2.45, 2.75) is 39.7 Å². The van der Waals surface area contributed by atoms with E-state index in [1.54, 1.807) is 6.20 Å². The van der Waals surface area contributed by atoms with Crippen LogP contribution in [0.5, 0.6) is 5.75 Å². The highest BCUT2D eigenvalue weighted by molar-refractivity contribution is 5.41. The van der Waals surface area contributed by atoms with Crippen LogP contribution in [0.25, 0.3) is 0 Å². The summed E-state index contributed by atoms with van der Waals surface area (Å²) in [7, 11) is 0. The summed E-state index contributed by atoms with van der Waals surface area (Å²) in [6.45, 7) is 9.14. The molecule has 1 heterocycles. The highest BCUT2D eigenvalue weighted by Gasteiger charge is 2.19. The fourth-order valence-corrected chi connectivity index (χ4v) is 2.11. The van der Waals surface area contributed by atoms with Crippen LogP contribution in [-0.4, -0.2) is 4.98 Å². The molecule has 1 aromatic carbocycles. The minimum Gasteiger partial charge on any atom is -0.489 e. The van der Waals surface area contributed by atoms with Crippen molar-refractivity contribution in [3.63, 3.8) is 0 Å². The first-order valence-electron chi connectivity index (χ1n) is 6.80. The van der Waals surface area contributed by atoms with E-state index in [1.807, 2.05) is 12.1 Å². The first-order valence-corrected chi connectivity index (χ1v) is 6.80. The summed E-state index contributed by atoms with van der Waals surface area (Å²) < 4.78 is 6.00. The zero-order valence-corrected chi connectivity index (χ0v) is 12.6. The largest absolute Gasteiger partial charge is 0.489 e. The standard InChI is InChI=1S/C17H22N2O/c1-12-5-6-14(17(2,3)4)15(9-12)20-11-13-7-8-19-16(18)10-13/h5-10H,11H2,1-4H3,(H2,18,19). The molecule has 2 N–H and O–H groups in total. The van der Waals surface area contributed by atoms with Crippen molar-refractivity contribution in [1.82, 2.24) is 4.98 Å². The van der Waals surface area contributed by atoms with E-state index in [0.29, 0.717) is 12.4 Å². The number of nitrogens with two attached hydrogens (primary N) is 1. The molecule has 0 unspecified atom stereocenters. The van der Waals surface area contributed by atoms with Crippen molar-refractivity contribution in [3.8, 4) is 5.75 Å². The van der Waals surface area contributed by atoms with E-state index in [-0.39, 0.29) is 5.41 Å². The molecule has 0 bridgehead atoms. The van der Waals surface area contributed by atoms with E-state index in [9.17, 15) is 0 Å². The molecular formula is C17H22N2O. The minimum atomic E-state index is 0.0559. The smallest absolute Gasteiger partial charge is 0.123 e. The number of pyridine rings is 1. The van der Waals surface area contributed by atoms with Gasteiger partial charge in [0, 0.05) is 6.20 Å². The van der Waals surface area contributed by atoms with Gasteiger partial charge < -0.3 is 10.5 Å². The summed E-state index contributed by atoms with van der Waals surface area (Å²) in [6, 6.07) is 10.1. The van der Waals surface area contributed by atoms with E-state index >= 15 is 0 Å². The molecule has 0 aliphatic carbocycles. The molecule has 1 aromatic heterocycles. The number of benzene rings is 1. The normalized spacial score (nSPS) is 11.4. The molecule has 0 spiro atoms. The van der Waals surface area contributed by atoms with Gasteiger partial charge >= 0.3 is 0 Å². The SMILES string of the molecule is Cc1ccc(C(C)(C)C)c(OCc2ccnc(N)c2)c1. The molecule has 0 atom stereocenters. The quantitative estimate of drug-likeness (QED) is 0.921. The predicted molar refractivity (Wildman–Crippen MR) is 82.9 cm³/mol. The zero-order valence-electron chi connectivity index (χ0n) is 12.6. The molecule has 0 amide bonds. The maximum absolute atomic E-state index is 6.00. The summed E-state index contributed by atoms with van der Waals surface area (Å²) in [5, 5.41) is 0. The highest BCUT2D eigenvalue weighted by atomic mass is 16.5. The average molecular weight is 270 g/mol. The second-order valence-electron chi connectivity index (χ2n) is 6.13. The van der Waals surface area contributed by atoms with Crippen molar-refractivity contribution in [2.24, 2.45) is 0 Å². The Labute approximate surface area is 120 Å². The topological polar surface area (TPSA) is 48.1 Å². The first kappa shape index (κ1) is 14.4. The van der Waals surface area contributed by atoms with E-state index in [0.717, 1.165) is 11.3 Å². The monoisotopic (exact) mass is 270 g/mol. The summed E-state index contributed by atoms with van der Waals surface area (Å²) in [5.74, 6) is 1.46. The van der Waals surface area contributed by atoms with E-state index in [4.69, 9.17) is 10.5 Å². The minimum absolute atomic E-state index is 0.0559. The molecule has 3 heteroatoms. The Balaban J connectivity index is 2.22. The van der Waals surface area contributed by atoms with Crippen LogP contribution in [0, 0.1) is 6.92 Å². The third-order valence-electron chi connectivity index (χ3n) is 3.18. The van der Waals surface area contributed by atoms with Gasteiger partial charge in [0.05, 0.1) is 0 Å². The fraction of sp³-hybridized carbons (Fsp3) is 0.353.